The van der Waals surface area contributed by atoms with Gasteiger partial charge in [-0.05, 0) is 6.92 Å². The van der Waals surface area contributed by atoms with Crippen molar-refractivity contribution in [2.75, 3.05) is 32.0 Å². The molecule has 3 N–H and O–H groups in total. The van der Waals surface area contributed by atoms with Crippen LogP contribution in [0.25, 0.3) is 0 Å². The number of morpholine rings is 1. The number of hydrogen-bond donors (Lipinski definition) is 2. The minimum atomic E-state index is -0.318. The molecule has 0 spiro atoms. The van der Waals surface area contributed by atoms with Crippen molar-refractivity contribution in [2.24, 2.45) is 0 Å². The van der Waals surface area contributed by atoms with Crippen molar-refractivity contribution in [3.63, 3.8) is 0 Å². The summed E-state index contributed by atoms with van der Waals surface area (Å²) in [5.74, 6) is -0.159. The summed E-state index contributed by atoms with van der Waals surface area (Å²) in [5.41, 5.74) is 6.58. The maximum Gasteiger partial charge on any atom is 0.274 e. The van der Waals surface area contributed by atoms with E-state index in [9.17, 15) is 4.79 Å². The summed E-state index contributed by atoms with van der Waals surface area (Å²) < 4.78 is 6.90. The van der Waals surface area contributed by atoms with Gasteiger partial charge in [0.25, 0.3) is 5.91 Å². The molecule has 1 atom stereocenters. The van der Waals surface area contributed by atoms with Crippen molar-refractivity contribution in [2.45, 2.75) is 19.6 Å². The summed E-state index contributed by atoms with van der Waals surface area (Å²) in [7, 11) is 0. The summed E-state index contributed by atoms with van der Waals surface area (Å²) in [6, 6.07) is 0. The van der Waals surface area contributed by atoms with Crippen LogP contribution in [0.15, 0.2) is 6.20 Å². The molecule has 2 rings (SSSR count). The molecule has 100 valence electrons. The van der Waals surface area contributed by atoms with Crippen molar-refractivity contribution in [1.29, 1.82) is 0 Å². The topological polar surface area (TPSA) is 93.6 Å². The lowest BCUT2D eigenvalue weighted by Crippen LogP contribution is -2.47. The maximum atomic E-state index is 12.4. The van der Waals surface area contributed by atoms with E-state index in [4.69, 9.17) is 15.6 Å². The predicted octanol–water partition coefficient (Wildman–Crippen LogP) is -0.681. The van der Waals surface area contributed by atoms with E-state index in [1.54, 1.807) is 9.58 Å². The monoisotopic (exact) mass is 254 g/mol. The summed E-state index contributed by atoms with van der Waals surface area (Å²) in [5, 5.41) is 13.1. The van der Waals surface area contributed by atoms with Gasteiger partial charge in [0.1, 0.15) is 5.69 Å². The van der Waals surface area contributed by atoms with Gasteiger partial charge in [-0.1, -0.05) is 0 Å². The minimum Gasteiger partial charge on any atom is -0.396 e. The second-order valence-electron chi connectivity index (χ2n) is 4.19. The summed E-state index contributed by atoms with van der Waals surface area (Å²) in [6.07, 6.45) is 1.17. The van der Waals surface area contributed by atoms with Crippen LogP contribution >= 0.6 is 0 Å². The van der Waals surface area contributed by atoms with Crippen molar-refractivity contribution in [3.05, 3.63) is 11.9 Å². The SMILES string of the molecule is CCn1ncc(N)c1C(=O)N1CCOC(CO)C1. The first-order valence-electron chi connectivity index (χ1n) is 6.00. The third-order valence-electron chi connectivity index (χ3n) is 3.00. The zero-order valence-corrected chi connectivity index (χ0v) is 10.4. The number of ether oxygens (including phenoxy) is 1. The van der Waals surface area contributed by atoms with E-state index in [0.29, 0.717) is 37.6 Å². The smallest absolute Gasteiger partial charge is 0.274 e. The van der Waals surface area contributed by atoms with E-state index in [2.05, 4.69) is 5.10 Å². The zero-order valence-electron chi connectivity index (χ0n) is 10.4. The Labute approximate surface area is 105 Å². The number of aryl methyl sites for hydroxylation is 1. The molecule has 1 fully saturated rings. The largest absolute Gasteiger partial charge is 0.396 e. The fourth-order valence-electron chi connectivity index (χ4n) is 2.04. The van der Waals surface area contributed by atoms with Crippen molar-refractivity contribution in [3.8, 4) is 0 Å². The van der Waals surface area contributed by atoms with Crippen LogP contribution < -0.4 is 5.73 Å². The number of amides is 1. The molecule has 0 saturated carbocycles. The van der Waals surface area contributed by atoms with E-state index in [-0.39, 0.29) is 18.6 Å². The third kappa shape index (κ3) is 2.32. The van der Waals surface area contributed by atoms with Crippen LogP contribution in [0, 0.1) is 0 Å². The lowest BCUT2D eigenvalue weighted by Gasteiger charge is -2.32. The predicted molar refractivity (Wildman–Crippen MR) is 65.0 cm³/mol. The number of carbonyl (C=O) groups excluding carboxylic acids is 1. The average Bonchev–Trinajstić information content (AvgIpc) is 2.79. The molecule has 1 amide bonds. The van der Waals surface area contributed by atoms with E-state index in [1.165, 1.54) is 6.20 Å². The molecule has 0 radical (unpaired) electrons. The van der Waals surface area contributed by atoms with Crippen LogP contribution in [-0.2, 0) is 11.3 Å². The molecule has 1 aromatic rings. The van der Waals surface area contributed by atoms with Gasteiger partial charge in [-0.3, -0.25) is 9.48 Å². The van der Waals surface area contributed by atoms with Gasteiger partial charge < -0.3 is 20.5 Å². The van der Waals surface area contributed by atoms with Crippen LogP contribution in [0.1, 0.15) is 17.4 Å². The second-order valence-corrected chi connectivity index (χ2v) is 4.19. The normalized spacial score (nSPS) is 20.1. The summed E-state index contributed by atoms with van der Waals surface area (Å²) in [6.45, 7) is 3.71. The van der Waals surface area contributed by atoms with Crippen LogP contribution in [0.3, 0.4) is 0 Å². The number of hydrogen-bond acceptors (Lipinski definition) is 5. The molecule has 7 nitrogen and oxygen atoms in total. The maximum absolute atomic E-state index is 12.4. The number of anilines is 1. The lowest BCUT2D eigenvalue weighted by molar-refractivity contribution is -0.0449. The molecule has 2 heterocycles. The van der Waals surface area contributed by atoms with Crippen molar-refractivity contribution in [1.82, 2.24) is 14.7 Å². The van der Waals surface area contributed by atoms with Crippen molar-refractivity contribution < 1.29 is 14.6 Å². The summed E-state index contributed by atoms with van der Waals surface area (Å²) >= 11 is 0. The Hall–Kier alpha value is -1.60. The Bertz CT molecular complexity index is 432. The van der Waals surface area contributed by atoms with Crippen LogP contribution in [0.5, 0.6) is 0 Å². The molecule has 1 unspecified atom stereocenters. The number of aliphatic hydroxyl groups excluding tert-OH is 1. The Morgan fingerprint density at radius 1 is 1.72 bits per heavy atom. The summed E-state index contributed by atoms with van der Waals surface area (Å²) in [4.78, 5) is 14.0. The lowest BCUT2D eigenvalue weighted by atomic mass is 10.2. The molecule has 0 bridgehead atoms. The van der Waals surface area contributed by atoms with Crippen LogP contribution in [-0.4, -0.2) is 58.1 Å². The molecule has 7 heteroatoms. The minimum absolute atomic E-state index is 0.0910. The van der Waals surface area contributed by atoms with Gasteiger partial charge in [0, 0.05) is 19.6 Å². The van der Waals surface area contributed by atoms with Gasteiger partial charge in [-0.15, -0.1) is 0 Å². The number of nitrogens with two attached hydrogens (primary N) is 1. The Morgan fingerprint density at radius 3 is 3.17 bits per heavy atom. The van der Waals surface area contributed by atoms with Gasteiger partial charge in [0.05, 0.1) is 31.2 Å². The first-order chi connectivity index (χ1) is 8.67. The van der Waals surface area contributed by atoms with E-state index < -0.39 is 0 Å². The van der Waals surface area contributed by atoms with Gasteiger partial charge in [0.15, 0.2) is 0 Å². The average molecular weight is 254 g/mol. The van der Waals surface area contributed by atoms with E-state index in [1.807, 2.05) is 6.92 Å². The van der Waals surface area contributed by atoms with Gasteiger partial charge in [-0.25, -0.2) is 0 Å². The Morgan fingerprint density at radius 2 is 2.50 bits per heavy atom. The number of rotatable bonds is 3. The third-order valence-corrected chi connectivity index (χ3v) is 3.00. The number of aliphatic hydroxyl groups is 1. The molecule has 18 heavy (non-hydrogen) atoms. The van der Waals surface area contributed by atoms with E-state index in [0.717, 1.165) is 0 Å². The molecule has 1 aromatic heterocycles. The Balaban J connectivity index is 2.17. The quantitative estimate of drug-likeness (QED) is 0.745. The highest BCUT2D eigenvalue weighted by Gasteiger charge is 2.27. The molecule has 1 aliphatic rings. The fraction of sp³-hybridized carbons (Fsp3) is 0.636. The number of nitrogens with zero attached hydrogens (tertiary/aromatic N) is 3. The molecule has 0 aliphatic carbocycles. The Kier molecular flexibility index (Phi) is 3.83. The molecular formula is C11H18N4O3. The van der Waals surface area contributed by atoms with Crippen LogP contribution in [0.2, 0.25) is 0 Å². The molecular weight excluding hydrogens is 236 g/mol. The highest BCUT2D eigenvalue weighted by molar-refractivity contribution is 5.97. The first-order valence-corrected chi connectivity index (χ1v) is 6.00. The fourth-order valence-corrected chi connectivity index (χ4v) is 2.04. The molecule has 1 aliphatic heterocycles. The number of carbonyl (C=O) groups is 1. The highest BCUT2D eigenvalue weighted by Crippen LogP contribution is 2.16. The second kappa shape index (κ2) is 5.36. The highest BCUT2D eigenvalue weighted by atomic mass is 16.5. The van der Waals surface area contributed by atoms with Crippen molar-refractivity contribution >= 4 is 11.6 Å². The van der Waals surface area contributed by atoms with Gasteiger partial charge >= 0.3 is 0 Å². The molecule has 0 aromatic carbocycles. The zero-order chi connectivity index (χ0) is 13.1. The first kappa shape index (κ1) is 12.8. The standard InChI is InChI=1S/C11H18N4O3/c1-2-15-10(9(12)5-13-15)11(17)14-3-4-18-8(6-14)7-16/h5,8,16H,2-4,6-7,12H2,1H3. The van der Waals surface area contributed by atoms with E-state index >= 15 is 0 Å². The number of aromatic nitrogens is 2. The van der Waals surface area contributed by atoms with Crippen LogP contribution in [0.4, 0.5) is 5.69 Å². The van der Waals surface area contributed by atoms with Gasteiger partial charge in [-0.2, -0.15) is 5.10 Å². The number of nitrogen functional groups attached to an aromatic ring is 1. The molecule has 1 saturated heterocycles. The van der Waals surface area contributed by atoms with Gasteiger partial charge in [0.2, 0.25) is 0 Å².